The van der Waals surface area contributed by atoms with Crippen LogP contribution < -0.4 is 10.1 Å². The number of methoxy groups -OCH3 is 1. The van der Waals surface area contributed by atoms with E-state index in [1.807, 2.05) is 15.6 Å². The highest BCUT2D eigenvalue weighted by Gasteiger charge is 2.24. The molecule has 0 aliphatic carbocycles. The van der Waals surface area contributed by atoms with Crippen molar-refractivity contribution in [2.75, 3.05) is 40.0 Å². The monoisotopic (exact) mass is 428 g/mol. The van der Waals surface area contributed by atoms with Crippen molar-refractivity contribution in [3.8, 4) is 22.8 Å². The SMILES string of the molecule is COc1ncc(-c2nn(-c3cnn(C[C@H]4CNCCO4)c3)c3c2CCOCC3)cc1F. The summed E-state index contributed by atoms with van der Waals surface area (Å²) in [6.45, 7) is 4.28. The summed E-state index contributed by atoms with van der Waals surface area (Å²) in [7, 11) is 1.40. The van der Waals surface area contributed by atoms with E-state index in [-0.39, 0.29) is 12.0 Å². The number of nitrogens with one attached hydrogen (secondary N) is 1. The number of halogens is 1. The standard InChI is InChI=1S/C21H25FN6O3/c1-29-21-18(22)8-14(9-24-21)20-17-2-5-30-6-3-19(17)28(26-20)15-10-25-27(12-15)13-16-11-23-4-7-31-16/h8-10,12,16,23H,2-7,11,13H2,1H3/t16-/m1/s1. The molecule has 164 valence electrons. The number of pyridine rings is 1. The summed E-state index contributed by atoms with van der Waals surface area (Å²) in [6.07, 6.45) is 6.87. The first-order chi connectivity index (χ1) is 15.2. The third kappa shape index (κ3) is 4.06. The molecule has 1 fully saturated rings. The number of fused-ring (bicyclic) bond motifs is 1. The number of morpholine rings is 1. The molecule has 0 unspecified atom stereocenters. The highest BCUT2D eigenvalue weighted by Crippen LogP contribution is 2.31. The molecule has 2 aliphatic heterocycles. The van der Waals surface area contributed by atoms with Crippen molar-refractivity contribution in [3.05, 3.63) is 41.7 Å². The molecule has 0 amide bonds. The summed E-state index contributed by atoms with van der Waals surface area (Å²) in [4.78, 5) is 4.08. The lowest BCUT2D eigenvalue weighted by Gasteiger charge is -2.23. The highest BCUT2D eigenvalue weighted by molar-refractivity contribution is 5.65. The van der Waals surface area contributed by atoms with E-state index >= 15 is 0 Å². The molecule has 0 aromatic carbocycles. The molecule has 31 heavy (non-hydrogen) atoms. The van der Waals surface area contributed by atoms with Gasteiger partial charge in [-0.1, -0.05) is 0 Å². The summed E-state index contributed by atoms with van der Waals surface area (Å²) in [5, 5.41) is 12.7. The second-order valence-electron chi connectivity index (χ2n) is 7.63. The van der Waals surface area contributed by atoms with Gasteiger partial charge in [-0.3, -0.25) is 4.68 Å². The minimum Gasteiger partial charge on any atom is -0.479 e. The van der Waals surface area contributed by atoms with Gasteiger partial charge in [0.2, 0.25) is 5.88 Å². The zero-order valence-corrected chi connectivity index (χ0v) is 17.4. The fourth-order valence-electron chi connectivity index (χ4n) is 4.11. The molecule has 3 aromatic rings. The van der Waals surface area contributed by atoms with Crippen LogP contribution in [0.4, 0.5) is 4.39 Å². The average molecular weight is 428 g/mol. The Labute approximate surface area is 179 Å². The minimum absolute atomic E-state index is 0.0293. The van der Waals surface area contributed by atoms with Gasteiger partial charge in [0.25, 0.3) is 0 Å². The third-order valence-electron chi connectivity index (χ3n) is 5.60. The van der Waals surface area contributed by atoms with E-state index in [9.17, 15) is 4.39 Å². The molecule has 3 aromatic heterocycles. The van der Waals surface area contributed by atoms with Gasteiger partial charge in [-0.25, -0.2) is 14.1 Å². The van der Waals surface area contributed by atoms with Gasteiger partial charge in [-0.15, -0.1) is 0 Å². The molecular weight excluding hydrogens is 403 g/mol. The maximum absolute atomic E-state index is 14.3. The van der Waals surface area contributed by atoms with Gasteiger partial charge >= 0.3 is 0 Å². The predicted octanol–water partition coefficient (Wildman–Crippen LogP) is 1.38. The zero-order valence-electron chi connectivity index (χ0n) is 17.4. The van der Waals surface area contributed by atoms with Crippen molar-refractivity contribution in [3.63, 3.8) is 0 Å². The largest absolute Gasteiger partial charge is 0.479 e. The van der Waals surface area contributed by atoms with Crippen LogP contribution in [0.5, 0.6) is 5.88 Å². The van der Waals surface area contributed by atoms with Gasteiger partial charge in [-0.2, -0.15) is 10.2 Å². The Morgan fingerprint density at radius 2 is 2.16 bits per heavy atom. The minimum atomic E-state index is -0.512. The molecule has 0 radical (unpaired) electrons. The summed E-state index contributed by atoms with van der Waals surface area (Å²) in [6, 6.07) is 1.42. The van der Waals surface area contributed by atoms with Gasteiger partial charge in [0.1, 0.15) is 5.69 Å². The van der Waals surface area contributed by atoms with E-state index in [0.717, 1.165) is 36.5 Å². The van der Waals surface area contributed by atoms with Crippen LogP contribution in [-0.4, -0.2) is 70.7 Å². The summed E-state index contributed by atoms with van der Waals surface area (Å²) in [5.41, 5.74) is 4.29. The molecule has 5 heterocycles. The molecule has 1 saturated heterocycles. The van der Waals surface area contributed by atoms with Gasteiger partial charge in [0.05, 0.1) is 63.4 Å². The smallest absolute Gasteiger partial charge is 0.250 e. The van der Waals surface area contributed by atoms with Gasteiger partial charge in [-0.05, 0) is 12.5 Å². The lowest BCUT2D eigenvalue weighted by Crippen LogP contribution is -2.40. The number of hydrogen-bond donors (Lipinski definition) is 1. The van der Waals surface area contributed by atoms with E-state index in [1.165, 1.54) is 13.2 Å². The Kier molecular flexibility index (Phi) is 5.66. The molecule has 10 heteroatoms. The predicted molar refractivity (Wildman–Crippen MR) is 110 cm³/mol. The fraction of sp³-hybridized carbons (Fsp3) is 0.476. The molecule has 0 saturated carbocycles. The lowest BCUT2D eigenvalue weighted by molar-refractivity contribution is 0.0161. The van der Waals surface area contributed by atoms with Crippen molar-refractivity contribution in [1.29, 1.82) is 0 Å². The first kappa shape index (κ1) is 20.1. The van der Waals surface area contributed by atoms with Crippen LogP contribution in [0.2, 0.25) is 0 Å². The van der Waals surface area contributed by atoms with E-state index in [2.05, 4.69) is 15.4 Å². The normalized spacial score (nSPS) is 19.1. The molecule has 0 spiro atoms. The Morgan fingerprint density at radius 1 is 1.26 bits per heavy atom. The number of rotatable bonds is 5. The Morgan fingerprint density at radius 3 is 2.97 bits per heavy atom. The van der Waals surface area contributed by atoms with E-state index in [1.54, 1.807) is 12.4 Å². The zero-order chi connectivity index (χ0) is 21.2. The summed E-state index contributed by atoms with van der Waals surface area (Å²) < 4.78 is 34.5. The Bertz CT molecular complexity index is 1060. The van der Waals surface area contributed by atoms with Crippen LogP contribution in [0.1, 0.15) is 11.3 Å². The van der Waals surface area contributed by atoms with E-state index < -0.39 is 5.82 Å². The van der Waals surface area contributed by atoms with Crippen molar-refractivity contribution in [2.45, 2.75) is 25.5 Å². The number of aromatic nitrogens is 5. The Balaban J connectivity index is 1.50. The van der Waals surface area contributed by atoms with E-state index in [0.29, 0.717) is 44.0 Å². The molecule has 0 bridgehead atoms. The van der Waals surface area contributed by atoms with Crippen LogP contribution in [0.25, 0.3) is 16.9 Å². The van der Waals surface area contributed by atoms with Crippen molar-refractivity contribution in [1.82, 2.24) is 29.9 Å². The lowest BCUT2D eigenvalue weighted by atomic mass is 10.0. The van der Waals surface area contributed by atoms with Crippen LogP contribution >= 0.6 is 0 Å². The number of nitrogens with zero attached hydrogens (tertiary/aromatic N) is 5. The molecule has 1 atom stereocenters. The van der Waals surface area contributed by atoms with Crippen molar-refractivity contribution in [2.24, 2.45) is 0 Å². The molecule has 1 N–H and O–H groups in total. The van der Waals surface area contributed by atoms with Gasteiger partial charge < -0.3 is 19.5 Å². The first-order valence-electron chi connectivity index (χ1n) is 10.5. The Hall–Kier alpha value is -2.82. The van der Waals surface area contributed by atoms with Crippen LogP contribution in [0.3, 0.4) is 0 Å². The quantitative estimate of drug-likeness (QED) is 0.657. The molecule has 9 nitrogen and oxygen atoms in total. The van der Waals surface area contributed by atoms with Gasteiger partial charge in [0, 0.05) is 36.8 Å². The van der Waals surface area contributed by atoms with E-state index in [4.69, 9.17) is 19.3 Å². The maximum atomic E-state index is 14.3. The average Bonchev–Trinajstić information content (AvgIpc) is 3.31. The summed E-state index contributed by atoms with van der Waals surface area (Å²) in [5.74, 6) is -0.541. The molecular formula is C21H25FN6O3. The topological polar surface area (TPSA) is 88.3 Å². The second-order valence-corrected chi connectivity index (χ2v) is 7.63. The van der Waals surface area contributed by atoms with Crippen molar-refractivity contribution >= 4 is 0 Å². The first-order valence-corrected chi connectivity index (χ1v) is 10.5. The highest BCUT2D eigenvalue weighted by atomic mass is 19.1. The molecule has 5 rings (SSSR count). The second kappa shape index (κ2) is 8.74. The molecule has 2 aliphatic rings. The van der Waals surface area contributed by atoms with Crippen LogP contribution in [-0.2, 0) is 28.9 Å². The van der Waals surface area contributed by atoms with Crippen LogP contribution in [0.15, 0.2) is 24.7 Å². The van der Waals surface area contributed by atoms with Crippen molar-refractivity contribution < 1.29 is 18.6 Å². The third-order valence-corrected chi connectivity index (χ3v) is 5.60. The summed E-state index contributed by atoms with van der Waals surface area (Å²) >= 11 is 0. The van der Waals surface area contributed by atoms with Crippen LogP contribution in [0, 0.1) is 5.82 Å². The fourth-order valence-corrected chi connectivity index (χ4v) is 4.11. The van der Waals surface area contributed by atoms with Gasteiger partial charge in [0.15, 0.2) is 5.82 Å². The number of hydrogen-bond acceptors (Lipinski definition) is 7. The maximum Gasteiger partial charge on any atom is 0.250 e. The number of ether oxygens (including phenoxy) is 3.